The Kier molecular flexibility index (Phi) is 3.56. The molecule has 2 aliphatic rings. The van der Waals surface area contributed by atoms with Gasteiger partial charge in [-0.25, -0.2) is 13.2 Å². The first-order valence-electron chi connectivity index (χ1n) is 6.81. The number of Topliss-reactive ketones (excluding diaryl/α,β-unsaturated/α-hetero) is 1. The average Bonchev–Trinajstić information content (AvgIpc) is 2.78. The predicted octanol–water partition coefficient (Wildman–Crippen LogP) is 0.436. The van der Waals surface area contributed by atoms with Crippen LogP contribution in [-0.2, 0) is 30.6 Å². The Labute approximate surface area is 133 Å². The van der Waals surface area contributed by atoms with Crippen LogP contribution in [0.15, 0.2) is 35.6 Å². The molecule has 2 heterocycles. The minimum atomic E-state index is -3.34. The molecule has 0 amide bonds. The fourth-order valence-corrected chi connectivity index (χ4v) is 3.90. The Morgan fingerprint density at radius 2 is 2.09 bits per heavy atom. The number of methoxy groups -OCH3 is 1. The number of ketones is 1. The summed E-state index contributed by atoms with van der Waals surface area (Å²) >= 11 is 0. The quantitative estimate of drug-likeness (QED) is 0.588. The summed E-state index contributed by atoms with van der Waals surface area (Å²) in [7, 11) is -2.22. The van der Waals surface area contributed by atoms with E-state index in [2.05, 4.69) is 9.73 Å². The monoisotopic (exact) mass is 334 g/mol. The van der Waals surface area contributed by atoms with Crippen LogP contribution in [0.2, 0.25) is 0 Å². The molecule has 0 radical (unpaired) electrons. The van der Waals surface area contributed by atoms with Crippen molar-refractivity contribution in [2.24, 2.45) is 4.99 Å². The zero-order valence-corrected chi connectivity index (χ0v) is 13.3. The Hall–Kier alpha value is -2.48. The van der Waals surface area contributed by atoms with Crippen LogP contribution in [0.4, 0.5) is 5.69 Å². The second-order valence-electron chi connectivity index (χ2n) is 5.31. The van der Waals surface area contributed by atoms with Crippen LogP contribution in [0.5, 0.6) is 0 Å². The van der Waals surface area contributed by atoms with Gasteiger partial charge in [-0.05, 0) is 5.56 Å². The SMILES string of the molecule is COC(=O)C(=O)C1=NC=CN2c3c(cccc31)CC2S(C)(=O)=O. The van der Waals surface area contributed by atoms with Crippen molar-refractivity contribution < 1.29 is 22.7 Å². The maximum Gasteiger partial charge on any atom is 0.381 e. The van der Waals surface area contributed by atoms with Gasteiger partial charge in [0, 0.05) is 30.6 Å². The standard InChI is InChI=1S/C15H14N2O5S/c1-22-15(19)14(18)12-10-5-3-4-9-8-11(23(2,20)21)17(13(9)10)7-6-16-12/h3-7,11H,8H2,1-2H3. The zero-order valence-electron chi connectivity index (χ0n) is 12.5. The molecule has 2 aliphatic heterocycles. The molecule has 120 valence electrons. The number of hydrogen-bond donors (Lipinski definition) is 0. The lowest BCUT2D eigenvalue weighted by Crippen LogP contribution is -2.34. The summed E-state index contributed by atoms with van der Waals surface area (Å²) in [5, 5.41) is -0.752. The average molecular weight is 334 g/mol. The van der Waals surface area contributed by atoms with Crippen LogP contribution in [0.25, 0.3) is 0 Å². The number of carbonyl (C=O) groups excluding carboxylic acids is 2. The van der Waals surface area contributed by atoms with Crippen molar-refractivity contribution in [1.82, 2.24) is 0 Å². The molecule has 0 spiro atoms. The molecule has 0 aromatic heterocycles. The second kappa shape index (κ2) is 5.31. The molecule has 0 aliphatic carbocycles. The first-order valence-corrected chi connectivity index (χ1v) is 8.76. The molecule has 0 saturated heterocycles. The Balaban J connectivity index is 2.16. The van der Waals surface area contributed by atoms with Gasteiger partial charge in [0.2, 0.25) is 0 Å². The van der Waals surface area contributed by atoms with Gasteiger partial charge in [-0.1, -0.05) is 18.2 Å². The summed E-state index contributed by atoms with van der Waals surface area (Å²) in [5.74, 6) is -1.88. The van der Waals surface area contributed by atoms with E-state index in [-0.39, 0.29) is 5.71 Å². The lowest BCUT2D eigenvalue weighted by atomic mass is 10.0. The number of nitrogens with zero attached hydrogens (tertiary/aromatic N) is 2. The fraction of sp³-hybridized carbons (Fsp3) is 0.267. The number of carbonyl (C=O) groups is 2. The van der Waals surface area contributed by atoms with E-state index >= 15 is 0 Å². The highest BCUT2D eigenvalue weighted by Gasteiger charge is 2.39. The normalized spacial score (nSPS) is 19.0. The number of anilines is 1. The number of ether oxygens (including phenoxy) is 1. The van der Waals surface area contributed by atoms with Crippen molar-refractivity contribution in [2.75, 3.05) is 18.3 Å². The lowest BCUT2D eigenvalue weighted by molar-refractivity contribution is -0.148. The summed E-state index contributed by atoms with van der Waals surface area (Å²) in [6.45, 7) is 0. The zero-order chi connectivity index (χ0) is 16.8. The van der Waals surface area contributed by atoms with Gasteiger partial charge < -0.3 is 9.64 Å². The molecule has 1 unspecified atom stereocenters. The largest absolute Gasteiger partial charge is 0.463 e. The van der Waals surface area contributed by atoms with E-state index in [9.17, 15) is 18.0 Å². The highest BCUT2D eigenvalue weighted by molar-refractivity contribution is 7.91. The van der Waals surface area contributed by atoms with Crippen LogP contribution in [-0.4, -0.2) is 44.6 Å². The lowest BCUT2D eigenvalue weighted by Gasteiger charge is -2.22. The van der Waals surface area contributed by atoms with Gasteiger partial charge in [0.1, 0.15) is 11.1 Å². The van der Waals surface area contributed by atoms with E-state index in [4.69, 9.17) is 0 Å². The molecular formula is C15H14N2O5S. The van der Waals surface area contributed by atoms with E-state index in [1.807, 2.05) is 0 Å². The molecular weight excluding hydrogens is 320 g/mol. The molecule has 1 aromatic rings. The number of para-hydroxylation sites is 1. The van der Waals surface area contributed by atoms with Crippen LogP contribution in [0, 0.1) is 0 Å². The van der Waals surface area contributed by atoms with Crippen LogP contribution >= 0.6 is 0 Å². The maximum absolute atomic E-state index is 12.2. The predicted molar refractivity (Wildman–Crippen MR) is 84.0 cm³/mol. The molecule has 23 heavy (non-hydrogen) atoms. The summed E-state index contributed by atoms with van der Waals surface area (Å²) in [5.41, 5.74) is 1.75. The van der Waals surface area contributed by atoms with Crippen molar-refractivity contribution in [3.8, 4) is 0 Å². The van der Waals surface area contributed by atoms with Gasteiger partial charge in [0.25, 0.3) is 5.78 Å². The first kappa shape index (κ1) is 15.4. The highest BCUT2D eigenvalue weighted by Crippen LogP contribution is 2.39. The first-order chi connectivity index (χ1) is 10.8. The maximum atomic E-state index is 12.2. The summed E-state index contributed by atoms with van der Waals surface area (Å²) in [6, 6.07) is 5.15. The van der Waals surface area contributed by atoms with E-state index < -0.39 is 27.0 Å². The summed E-state index contributed by atoms with van der Waals surface area (Å²) in [4.78, 5) is 29.3. The number of rotatable bonds is 3. The molecule has 1 aromatic carbocycles. The van der Waals surface area contributed by atoms with Crippen LogP contribution < -0.4 is 4.90 Å². The number of esters is 1. The van der Waals surface area contributed by atoms with E-state index in [1.54, 1.807) is 23.1 Å². The molecule has 1 atom stereocenters. The highest BCUT2D eigenvalue weighted by atomic mass is 32.2. The number of benzene rings is 1. The third-order valence-electron chi connectivity index (χ3n) is 3.85. The van der Waals surface area contributed by atoms with Gasteiger partial charge in [-0.3, -0.25) is 9.79 Å². The van der Waals surface area contributed by atoms with Crippen molar-refractivity contribution in [2.45, 2.75) is 11.8 Å². The van der Waals surface area contributed by atoms with Crippen molar-refractivity contribution >= 4 is 33.0 Å². The Morgan fingerprint density at radius 3 is 2.74 bits per heavy atom. The number of sulfone groups is 1. The smallest absolute Gasteiger partial charge is 0.381 e. The van der Waals surface area contributed by atoms with E-state index in [0.29, 0.717) is 17.7 Å². The molecule has 0 saturated carbocycles. The van der Waals surface area contributed by atoms with Gasteiger partial charge in [-0.2, -0.15) is 0 Å². The molecule has 7 nitrogen and oxygen atoms in total. The molecule has 3 rings (SSSR count). The van der Waals surface area contributed by atoms with Crippen LogP contribution in [0.3, 0.4) is 0 Å². The third kappa shape index (κ3) is 2.44. The van der Waals surface area contributed by atoms with Crippen LogP contribution in [0.1, 0.15) is 11.1 Å². The molecule has 0 bridgehead atoms. The molecule has 0 fully saturated rings. The van der Waals surface area contributed by atoms with Crippen molar-refractivity contribution in [1.29, 1.82) is 0 Å². The van der Waals surface area contributed by atoms with E-state index in [0.717, 1.165) is 12.7 Å². The topological polar surface area (TPSA) is 93.1 Å². The summed E-state index contributed by atoms with van der Waals surface area (Å²) < 4.78 is 28.5. The van der Waals surface area contributed by atoms with Gasteiger partial charge in [0.05, 0.1) is 12.8 Å². The Bertz CT molecular complexity index is 870. The summed E-state index contributed by atoms with van der Waals surface area (Å²) in [6.07, 6.45) is 4.32. The van der Waals surface area contributed by atoms with Gasteiger partial charge in [-0.15, -0.1) is 0 Å². The minimum Gasteiger partial charge on any atom is -0.463 e. The molecule has 8 heteroatoms. The number of hydrogen-bond acceptors (Lipinski definition) is 7. The Morgan fingerprint density at radius 1 is 1.35 bits per heavy atom. The number of aliphatic imine (C=N–C) groups is 1. The van der Waals surface area contributed by atoms with E-state index in [1.165, 1.54) is 18.7 Å². The fourth-order valence-electron chi connectivity index (χ4n) is 2.83. The molecule has 0 N–H and O–H groups in total. The second-order valence-corrected chi connectivity index (χ2v) is 7.51. The van der Waals surface area contributed by atoms with Gasteiger partial charge in [0.15, 0.2) is 9.84 Å². The van der Waals surface area contributed by atoms with Crippen molar-refractivity contribution in [3.05, 3.63) is 41.7 Å². The third-order valence-corrected chi connectivity index (χ3v) is 5.23. The van der Waals surface area contributed by atoms with Gasteiger partial charge >= 0.3 is 5.97 Å². The van der Waals surface area contributed by atoms with Crippen molar-refractivity contribution in [3.63, 3.8) is 0 Å². The minimum absolute atomic E-state index is 0.0541.